The van der Waals surface area contributed by atoms with Crippen molar-refractivity contribution in [3.8, 4) is 0 Å². The van der Waals surface area contributed by atoms with Gasteiger partial charge in [0.2, 0.25) is 11.9 Å². The number of rotatable bonds is 2. The van der Waals surface area contributed by atoms with Crippen molar-refractivity contribution in [2.45, 2.75) is 45.6 Å². The average molecular weight is 374 g/mol. The van der Waals surface area contributed by atoms with E-state index in [-0.39, 0.29) is 16.7 Å². The van der Waals surface area contributed by atoms with E-state index in [4.69, 9.17) is 14.5 Å². The largest absolute Gasteiger partial charge is 0.378 e. The molecule has 0 N–H and O–H groups in total. The number of hydrogen-bond donors (Lipinski definition) is 0. The molecule has 0 aliphatic carbocycles. The number of anilines is 1. The molecule has 2 fully saturated rings. The number of likely N-dealkylation sites (tertiary alicyclic amines) is 1. The Bertz CT molecular complexity index is 712. The van der Waals surface area contributed by atoms with E-state index >= 15 is 0 Å². The van der Waals surface area contributed by atoms with Gasteiger partial charge in [-0.3, -0.25) is 4.79 Å². The minimum absolute atomic E-state index is 0.000514. The number of carbonyl (C=O) groups excluding carboxylic acids is 1. The quantitative estimate of drug-likeness (QED) is 0.786. The van der Waals surface area contributed by atoms with E-state index in [1.54, 1.807) is 0 Å². The molecular weight excluding hydrogens is 344 g/mol. The summed E-state index contributed by atoms with van der Waals surface area (Å²) in [5.74, 6) is 1.01. The van der Waals surface area contributed by atoms with Gasteiger partial charge in [0, 0.05) is 44.4 Å². The highest BCUT2D eigenvalue weighted by Gasteiger charge is 2.46. The summed E-state index contributed by atoms with van der Waals surface area (Å²) in [6.07, 6.45) is 3.38. The minimum atomic E-state index is -0.203. The van der Waals surface area contributed by atoms with Crippen molar-refractivity contribution in [3.63, 3.8) is 0 Å². The molecule has 1 amide bonds. The van der Waals surface area contributed by atoms with Crippen molar-refractivity contribution in [3.05, 3.63) is 17.5 Å². The van der Waals surface area contributed by atoms with Gasteiger partial charge in [-0.1, -0.05) is 20.8 Å². The molecule has 27 heavy (non-hydrogen) atoms. The zero-order chi connectivity index (χ0) is 19.1. The molecule has 7 nitrogen and oxygen atoms in total. The van der Waals surface area contributed by atoms with Crippen molar-refractivity contribution >= 4 is 11.9 Å². The van der Waals surface area contributed by atoms with Gasteiger partial charge in [0.25, 0.3) is 0 Å². The summed E-state index contributed by atoms with van der Waals surface area (Å²) in [5, 5.41) is 0. The van der Waals surface area contributed by atoms with Crippen LogP contribution in [0.5, 0.6) is 0 Å². The molecule has 3 aliphatic rings. The van der Waals surface area contributed by atoms with Crippen LogP contribution in [-0.2, 0) is 26.3 Å². The molecule has 7 heteroatoms. The Balaban J connectivity index is 1.58. The molecule has 2 saturated heterocycles. The van der Waals surface area contributed by atoms with Crippen LogP contribution in [0.25, 0.3) is 0 Å². The van der Waals surface area contributed by atoms with Gasteiger partial charge < -0.3 is 19.3 Å². The van der Waals surface area contributed by atoms with E-state index in [2.05, 4.69) is 30.7 Å². The summed E-state index contributed by atoms with van der Waals surface area (Å²) < 4.78 is 11.3. The molecule has 148 valence electrons. The van der Waals surface area contributed by atoms with Crippen LogP contribution in [0.1, 0.15) is 44.9 Å². The van der Waals surface area contributed by atoms with E-state index in [0.29, 0.717) is 39.4 Å². The van der Waals surface area contributed by atoms with Crippen LogP contribution < -0.4 is 4.90 Å². The topological polar surface area (TPSA) is 67.8 Å². The second kappa shape index (κ2) is 7.02. The normalized spacial score (nSPS) is 25.7. The second-order valence-electron chi connectivity index (χ2n) is 9.22. The molecule has 1 spiro atoms. The molecular formula is C20H30N4O3. The highest BCUT2D eigenvalue weighted by Crippen LogP contribution is 2.40. The van der Waals surface area contributed by atoms with Crippen LogP contribution >= 0.6 is 0 Å². The Hall–Kier alpha value is -1.73. The SMILES string of the molecule is CC(C)(C)CC(=O)N1CC[C@@]2(COCc3cnc(N4CCOCC4)nc32)C1. The van der Waals surface area contributed by atoms with Gasteiger partial charge in [-0.15, -0.1) is 0 Å². The van der Waals surface area contributed by atoms with Crippen LogP contribution in [0, 0.1) is 5.41 Å². The van der Waals surface area contributed by atoms with Crippen LogP contribution in [0.3, 0.4) is 0 Å². The first-order valence-electron chi connectivity index (χ1n) is 9.91. The summed E-state index contributed by atoms with van der Waals surface area (Å²) in [6, 6.07) is 0. The average Bonchev–Trinajstić information content (AvgIpc) is 3.06. The molecule has 1 aromatic heterocycles. The molecule has 1 atom stereocenters. The van der Waals surface area contributed by atoms with Crippen LogP contribution in [0.2, 0.25) is 0 Å². The molecule has 0 bridgehead atoms. The van der Waals surface area contributed by atoms with Gasteiger partial charge in [-0.05, 0) is 11.8 Å². The van der Waals surface area contributed by atoms with Gasteiger partial charge >= 0.3 is 0 Å². The maximum absolute atomic E-state index is 12.7. The molecule has 0 unspecified atom stereocenters. The van der Waals surface area contributed by atoms with Crippen LogP contribution in [0.15, 0.2) is 6.20 Å². The smallest absolute Gasteiger partial charge is 0.225 e. The van der Waals surface area contributed by atoms with Crippen molar-refractivity contribution in [1.82, 2.24) is 14.9 Å². The molecule has 0 saturated carbocycles. The minimum Gasteiger partial charge on any atom is -0.378 e. The monoisotopic (exact) mass is 374 g/mol. The second-order valence-corrected chi connectivity index (χ2v) is 9.22. The third-order valence-electron chi connectivity index (χ3n) is 5.67. The number of hydrogen-bond acceptors (Lipinski definition) is 6. The lowest BCUT2D eigenvalue weighted by Gasteiger charge is -2.35. The van der Waals surface area contributed by atoms with Crippen LogP contribution in [0.4, 0.5) is 5.95 Å². The summed E-state index contributed by atoms with van der Waals surface area (Å²) in [5.41, 5.74) is 1.93. The Morgan fingerprint density at radius 2 is 2.00 bits per heavy atom. The molecule has 0 radical (unpaired) electrons. The number of aromatic nitrogens is 2. The summed E-state index contributed by atoms with van der Waals surface area (Å²) in [4.78, 5) is 26.5. The summed E-state index contributed by atoms with van der Waals surface area (Å²) >= 11 is 0. The summed E-state index contributed by atoms with van der Waals surface area (Å²) in [6.45, 7) is 12.0. The van der Waals surface area contributed by atoms with Gasteiger partial charge in [0.05, 0.1) is 37.5 Å². The van der Waals surface area contributed by atoms with Gasteiger partial charge in [0.15, 0.2) is 0 Å². The van der Waals surface area contributed by atoms with E-state index in [9.17, 15) is 4.79 Å². The Morgan fingerprint density at radius 3 is 2.74 bits per heavy atom. The maximum atomic E-state index is 12.7. The lowest BCUT2D eigenvalue weighted by atomic mass is 9.80. The van der Waals surface area contributed by atoms with E-state index in [1.807, 2.05) is 11.1 Å². The predicted molar refractivity (Wildman–Crippen MR) is 102 cm³/mol. The third kappa shape index (κ3) is 3.80. The molecule has 0 aromatic carbocycles. The van der Waals surface area contributed by atoms with Crippen molar-refractivity contribution < 1.29 is 14.3 Å². The van der Waals surface area contributed by atoms with E-state index in [1.165, 1.54) is 0 Å². The summed E-state index contributed by atoms with van der Waals surface area (Å²) in [7, 11) is 0. The lowest BCUT2D eigenvalue weighted by molar-refractivity contribution is -0.132. The first-order chi connectivity index (χ1) is 12.9. The highest BCUT2D eigenvalue weighted by molar-refractivity contribution is 5.77. The van der Waals surface area contributed by atoms with Gasteiger partial charge in [-0.25, -0.2) is 9.97 Å². The standard InChI is InChI=1S/C20H30N4O3/c1-19(2,3)10-16(25)24-5-4-20(13-24)14-27-12-15-11-21-18(22-17(15)20)23-6-8-26-9-7-23/h11H,4-10,12-14H2,1-3H3/t20-/m0/s1. The number of amides is 1. The first-order valence-corrected chi connectivity index (χ1v) is 9.91. The fraction of sp³-hybridized carbons (Fsp3) is 0.750. The predicted octanol–water partition coefficient (Wildman–Crippen LogP) is 1.75. The Kier molecular flexibility index (Phi) is 4.84. The fourth-order valence-electron chi connectivity index (χ4n) is 4.26. The number of morpholine rings is 1. The molecule has 4 heterocycles. The Labute approximate surface area is 161 Å². The number of carbonyl (C=O) groups is 1. The zero-order valence-electron chi connectivity index (χ0n) is 16.7. The number of nitrogens with zero attached hydrogens (tertiary/aromatic N) is 4. The van der Waals surface area contributed by atoms with Gasteiger partial charge in [-0.2, -0.15) is 0 Å². The lowest BCUT2D eigenvalue weighted by Crippen LogP contribution is -2.43. The zero-order valence-corrected chi connectivity index (χ0v) is 16.7. The highest BCUT2D eigenvalue weighted by atomic mass is 16.5. The van der Waals surface area contributed by atoms with Crippen LogP contribution in [-0.4, -0.2) is 66.8 Å². The maximum Gasteiger partial charge on any atom is 0.225 e. The van der Waals surface area contributed by atoms with E-state index in [0.717, 1.165) is 43.3 Å². The Morgan fingerprint density at radius 1 is 1.22 bits per heavy atom. The number of ether oxygens (including phenoxy) is 2. The fourth-order valence-corrected chi connectivity index (χ4v) is 4.26. The molecule has 1 aromatic rings. The molecule has 4 rings (SSSR count). The van der Waals surface area contributed by atoms with Crippen molar-refractivity contribution in [1.29, 1.82) is 0 Å². The van der Waals surface area contributed by atoms with E-state index < -0.39 is 0 Å². The number of fused-ring (bicyclic) bond motifs is 2. The molecule has 3 aliphatic heterocycles. The first kappa shape index (κ1) is 18.6. The third-order valence-corrected chi connectivity index (χ3v) is 5.67. The van der Waals surface area contributed by atoms with Gasteiger partial charge in [0.1, 0.15) is 0 Å². The van der Waals surface area contributed by atoms with Crippen molar-refractivity contribution in [2.24, 2.45) is 5.41 Å². The van der Waals surface area contributed by atoms with Crippen molar-refractivity contribution in [2.75, 3.05) is 50.9 Å².